The number of benzene rings is 1. The summed E-state index contributed by atoms with van der Waals surface area (Å²) in [6.07, 6.45) is 2.59. The lowest BCUT2D eigenvalue weighted by molar-refractivity contribution is -0.129. The van der Waals surface area contributed by atoms with Gasteiger partial charge in [0.15, 0.2) is 0 Å². The summed E-state index contributed by atoms with van der Waals surface area (Å²) in [6, 6.07) is 9.58. The lowest BCUT2D eigenvalue weighted by atomic mass is 10.1. The van der Waals surface area contributed by atoms with Crippen LogP contribution in [0, 0.1) is 0 Å². The van der Waals surface area contributed by atoms with Crippen molar-refractivity contribution in [2.24, 2.45) is 0 Å². The quantitative estimate of drug-likeness (QED) is 0.843. The largest absolute Gasteiger partial charge is 0.342 e. The standard InChI is InChI=1S/C15H15ClN2O/c16-13-5-3-4-11-6-7-12(17-15(11)13)10-14(19)18-8-1-2-9-18/h3-7H,1-2,8-10H2. The van der Waals surface area contributed by atoms with E-state index in [1.165, 1.54) is 0 Å². The van der Waals surface area contributed by atoms with Crippen LogP contribution in [0.1, 0.15) is 18.5 Å². The minimum Gasteiger partial charge on any atom is -0.342 e. The molecule has 4 heteroatoms. The fourth-order valence-corrected chi connectivity index (χ4v) is 2.71. The highest BCUT2D eigenvalue weighted by atomic mass is 35.5. The van der Waals surface area contributed by atoms with Crippen LogP contribution in [-0.2, 0) is 11.2 Å². The molecule has 0 bridgehead atoms. The second-order valence-corrected chi connectivity index (χ2v) is 5.29. The molecule has 1 fully saturated rings. The number of hydrogen-bond acceptors (Lipinski definition) is 2. The molecule has 0 N–H and O–H groups in total. The number of para-hydroxylation sites is 1. The van der Waals surface area contributed by atoms with E-state index in [1.807, 2.05) is 35.2 Å². The molecule has 1 aliphatic heterocycles. The van der Waals surface area contributed by atoms with Crippen LogP contribution in [0.4, 0.5) is 0 Å². The van der Waals surface area contributed by atoms with E-state index in [1.54, 1.807) is 0 Å². The number of amides is 1. The van der Waals surface area contributed by atoms with Crippen molar-refractivity contribution in [1.82, 2.24) is 9.88 Å². The third kappa shape index (κ3) is 2.56. The normalized spacial score (nSPS) is 15.1. The molecule has 0 spiro atoms. The number of hydrogen-bond donors (Lipinski definition) is 0. The van der Waals surface area contributed by atoms with E-state index < -0.39 is 0 Å². The molecule has 2 heterocycles. The predicted molar refractivity (Wildman–Crippen MR) is 76.3 cm³/mol. The van der Waals surface area contributed by atoms with Crippen molar-refractivity contribution in [3.05, 3.63) is 41.0 Å². The number of aromatic nitrogens is 1. The zero-order chi connectivity index (χ0) is 13.2. The van der Waals surface area contributed by atoms with Gasteiger partial charge in [0, 0.05) is 18.5 Å². The average Bonchev–Trinajstić information content (AvgIpc) is 2.94. The van der Waals surface area contributed by atoms with Crippen molar-refractivity contribution in [3.63, 3.8) is 0 Å². The fraction of sp³-hybridized carbons (Fsp3) is 0.333. The van der Waals surface area contributed by atoms with E-state index in [2.05, 4.69) is 4.98 Å². The van der Waals surface area contributed by atoms with Gasteiger partial charge in [0.25, 0.3) is 0 Å². The topological polar surface area (TPSA) is 33.2 Å². The van der Waals surface area contributed by atoms with Gasteiger partial charge in [0.05, 0.1) is 22.7 Å². The first kappa shape index (κ1) is 12.4. The maximum absolute atomic E-state index is 12.1. The van der Waals surface area contributed by atoms with Crippen LogP contribution in [0.5, 0.6) is 0 Å². The second kappa shape index (κ2) is 5.17. The van der Waals surface area contributed by atoms with Gasteiger partial charge in [-0.15, -0.1) is 0 Å². The highest BCUT2D eigenvalue weighted by Gasteiger charge is 2.18. The highest BCUT2D eigenvalue weighted by Crippen LogP contribution is 2.22. The third-order valence-electron chi connectivity index (χ3n) is 3.52. The molecule has 3 nitrogen and oxygen atoms in total. The fourth-order valence-electron chi connectivity index (χ4n) is 2.48. The molecular weight excluding hydrogens is 260 g/mol. The van der Waals surface area contributed by atoms with Crippen molar-refractivity contribution < 1.29 is 4.79 Å². The molecule has 3 rings (SSSR count). The Kier molecular flexibility index (Phi) is 3.38. The monoisotopic (exact) mass is 274 g/mol. The van der Waals surface area contributed by atoms with Crippen molar-refractivity contribution in [2.75, 3.05) is 13.1 Å². The van der Waals surface area contributed by atoms with E-state index in [0.29, 0.717) is 11.4 Å². The summed E-state index contributed by atoms with van der Waals surface area (Å²) in [7, 11) is 0. The van der Waals surface area contributed by atoms with Gasteiger partial charge in [-0.05, 0) is 25.0 Å². The molecule has 1 aromatic heterocycles. The molecule has 0 atom stereocenters. The number of nitrogens with zero attached hydrogens (tertiary/aromatic N) is 2. The van der Waals surface area contributed by atoms with Crippen molar-refractivity contribution in [2.45, 2.75) is 19.3 Å². The minimum atomic E-state index is 0.163. The number of rotatable bonds is 2. The van der Waals surface area contributed by atoms with E-state index in [4.69, 9.17) is 11.6 Å². The van der Waals surface area contributed by atoms with Crippen LogP contribution in [0.15, 0.2) is 30.3 Å². The van der Waals surface area contributed by atoms with Crippen molar-refractivity contribution in [1.29, 1.82) is 0 Å². The van der Waals surface area contributed by atoms with Crippen LogP contribution in [0.2, 0.25) is 5.02 Å². The van der Waals surface area contributed by atoms with Crippen LogP contribution >= 0.6 is 11.6 Å². The van der Waals surface area contributed by atoms with Crippen LogP contribution in [0.3, 0.4) is 0 Å². The van der Waals surface area contributed by atoms with Gasteiger partial charge in [-0.1, -0.05) is 29.8 Å². The van der Waals surface area contributed by atoms with Gasteiger partial charge in [0.2, 0.25) is 5.91 Å². The molecule has 0 unspecified atom stereocenters. The van der Waals surface area contributed by atoms with Crippen molar-refractivity contribution in [3.8, 4) is 0 Å². The Balaban J connectivity index is 1.85. The Morgan fingerprint density at radius 3 is 2.79 bits per heavy atom. The molecule has 19 heavy (non-hydrogen) atoms. The molecule has 1 aromatic carbocycles. The number of carbonyl (C=O) groups is 1. The predicted octanol–water partition coefficient (Wildman–Crippen LogP) is 3.05. The van der Waals surface area contributed by atoms with Gasteiger partial charge in [-0.3, -0.25) is 9.78 Å². The van der Waals surface area contributed by atoms with Crippen LogP contribution in [0.25, 0.3) is 10.9 Å². The molecular formula is C15H15ClN2O. The average molecular weight is 275 g/mol. The lowest BCUT2D eigenvalue weighted by Gasteiger charge is -2.14. The molecule has 1 saturated heterocycles. The second-order valence-electron chi connectivity index (χ2n) is 4.88. The van der Waals surface area contributed by atoms with Crippen molar-refractivity contribution >= 4 is 28.4 Å². The summed E-state index contributed by atoms with van der Waals surface area (Å²) >= 11 is 6.13. The maximum Gasteiger partial charge on any atom is 0.228 e. The van der Waals surface area contributed by atoms with Crippen LogP contribution < -0.4 is 0 Å². The smallest absolute Gasteiger partial charge is 0.228 e. The third-order valence-corrected chi connectivity index (χ3v) is 3.82. The maximum atomic E-state index is 12.1. The molecule has 1 aliphatic rings. The Morgan fingerprint density at radius 1 is 1.21 bits per heavy atom. The van der Waals surface area contributed by atoms with E-state index >= 15 is 0 Å². The first-order chi connectivity index (χ1) is 9.24. The molecule has 98 valence electrons. The van der Waals surface area contributed by atoms with Gasteiger partial charge >= 0.3 is 0 Å². The summed E-state index contributed by atoms with van der Waals surface area (Å²) in [6.45, 7) is 1.76. The lowest BCUT2D eigenvalue weighted by Crippen LogP contribution is -2.29. The Hall–Kier alpha value is -1.61. The zero-order valence-corrected chi connectivity index (χ0v) is 11.4. The molecule has 0 aliphatic carbocycles. The first-order valence-electron chi connectivity index (χ1n) is 6.56. The Bertz CT molecular complexity index is 621. The van der Waals surface area contributed by atoms with Gasteiger partial charge in [-0.25, -0.2) is 0 Å². The summed E-state index contributed by atoms with van der Waals surface area (Å²) < 4.78 is 0. The summed E-state index contributed by atoms with van der Waals surface area (Å²) in [5.74, 6) is 0.163. The van der Waals surface area contributed by atoms with E-state index in [-0.39, 0.29) is 5.91 Å². The number of fused-ring (bicyclic) bond motifs is 1. The summed E-state index contributed by atoms with van der Waals surface area (Å²) in [5.41, 5.74) is 1.56. The van der Waals surface area contributed by atoms with Gasteiger partial charge in [0.1, 0.15) is 0 Å². The van der Waals surface area contributed by atoms with Crippen LogP contribution in [-0.4, -0.2) is 28.9 Å². The van der Waals surface area contributed by atoms with Gasteiger partial charge in [-0.2, -0.15) is 0 Å². The molecule has 2 aromatic rings. The summed E-state index contributed by atoms with van der Waals surface area (Å²) in [5, 5.41) is 1.64. The molecule has 0 saturated carbocycles. The molecule has 0 radical (unpaired) electrons. The highest BCUT2D eigenvalue weighted by molar-refractivity contribution is 6.35. The Labute approximate surface area is 117 Å². The van der Waals surface area contributed by atoms with Gasteiger partial charge < -0.3 is 4.90 Å². The Morgan fingerprint density at radius 2 is 2.00 bits per heavy atom. The number of pyridine rings is 1. The zero-order valence-electron chi connectivity index (χ0n) is 10.6. The first-order valence-corrected chi connectivity index (χ1v) is 6.94. The minimum absolute atomic E-state index is 0.163. The number of carbonyl (C=O) groups excluding carboxylic acids is 1. The SMILES string of the molecule is O=C(Cc1ccc2cccc(Cl)c2n1)N1CCCC1. The summed E-state index contributed by atoms with van der Waals surface area (Å²) in [4.78, 5) is 18.5. The number of likely N-dealkylation sites (tertiary alicyclic amines) is 1. The number of halogens is 1. The van der Waals surface area contributed by atoms with E-state index in [9.17, 15) is 4.79 Å². The van der Waals surface area contributed by atoms with E-state index in [0.717, 1.165) is 42.5 Å². The molecule has 1 amide bonds.